The summed E-state index contributed by atoms with van der Waals surface area (Å²) >= 11 is 3.30. The van der Waals surface area contributed by atoms with Crippen LogP contribution >= 0.6 is 15.9 Å². The summed E-state index contributed by atoms with van der Waals surface area (Å²) in [5.41, 5.74) is 0.879. The Kier molecular flexibility index (Phi) is 4.30. The first-order valence-electron chi connectivity index (χ1n) is 5.82. The summed E-state index contributed by atoms with van der Waals surface area (Å²) in [6.07, 6.45) is 0.0544. The maximum Gasteiger partial charge on any atom is 0.130 e. The summed E-state index contributed by atoms with van der Waals surface area (Å²) in [6.45, 7) is 1.65. The third kappa shape index (κ3) is 3.00. The maximum absolute atomic E-state index is 13.9. The predicted octanol–water partition coefficient (Wildman–Crippen LogP) is 5.09. The van der Waals surface area contributed by atoms with Crippen molar-refractivity contribution < 1.29 is 13.2 Å². The smallest absolute Gasteiger partial charge is 0.130 e. The molecular weight excluding hydrogens is 317 g/mol. The number of rotatable bonds is 3. The highest BCUT2D eigenvalue weighted by atomic mass is 79.9. The second-order valence-electron chi connectivity index (χ2n) is 4.35. The lowest BCUT2D eigenvalue weighted by Crippen LogP contribution is -2.04. The Morgan fingerprint density at radius 3 is 2.21 bits per heavy atom. The fourth-order valence-corrected chi connectivity index (χ4v) is 2.61. The van der Waals surface area contributed by atoms with Gasteiger partial charge in [0.15, 0.2) is 0 Å². The van der Waals surface area contributed by atoms with Crippen LogP contribution in [0.4, 0.5) is 13.2 Å². The van der Waals surface area contributed by atoms with E-state index in [2.05, 4.69) is 15.9 Å². The van der Waals surface area contributed by atoms with Gasteiger partial charge in [0.2, 0.25) is 0 Å². The lowest BCUT2D eigenvalue weighted by molar-refractivity contribution is 0.549. The number of aryl methyl sites for hydroxylation is 1. The number of halogens is 4. The summed E-state index contributed by atoms with van der Waals surface area (Å²) in [7, 11) is 0. The van der Waals surface area contributed by atoms with Crippen molar-refractivity contribution in [2.45, 2.75) is 18.2 Å². The zero-order valence-corrected chi connectivity index (χ0v) is 11.8. The van der Waals surface area contributed by atoms with Gasteiger partial charge in [-0.3, -0.25) is 0 Å². The van der Waals surface area contributed by atoms with Gasteiger partial charge in [0.1, 0.15) is 17.5 Å². The first kappa shape index (κ1) is 14.1. The van der Waals surface area contributed by atoms with Gasteiger partial charge in [-0.2, -0.15) is 0 Å². The molecular formula is C15H12BrF3. The fourth-order valence-electron chi connectivity index (χ4n) is 1.93. The molecule has 0 radical (unpaired) electrons. The van der Waals surface area contributed by atoms with Gasteiger partial charge in [-0.25, -0.2) is 13.2 Å². The lowest BCUT2D eigenvalue weighted by atomic mass is 10.0. The number of hydrogen-bond acceptors (Lipinski definition) is 0. The van der Waals surface area contributed by atoms with Crippen molar-refractivity contribution in [3.63, 3.8) is 0 Å². The molecule has 0 saturated heterocycles. The molecule has 0 N–H and O–H groups in total. The third-order valence-electron chi connectivity index (χ3n) is 3.00. The molecule has 0 aromatic heterocycles. The fraction of sp³-hybridized carbons (Fsp3) is 0.200. The maximum atomic E-state index is 13.9. The minimum Gasteiger partial charge on any atom is -0.207 e. The highest BCUT2D eigenvalue weighted by molar-refractivity contribution is 9.09. The monoisotopic (exact) mass is 328 g/mol. The van der Waals surface area contributed by atoms with E-state index in [9.17, 15) is 13.2 Å². The van der Waals surface area contributed by atoms with Crippen molar-refractivity contribution in [3.8, 4) is 0 Å². The zero-order valence-electron chi connectivity index (χ0n) is 10.3. The van der Waals surface area contributed by atoms with E-state index in [0.29, 0.717) is 11.1 Å². The molecule has 2 aromatic carbocycles. The van der Waals surface area contributed by atoms with Gasteiger partial charge < -0.3 is 0 Å². The molecule has 2 rings (SSSR count). The van der Waals surface area contributed by atoms with E-state index in [1.54, 1.807) is 25.1 Å². The van der Waals surface area contributed by atoms with Crippen LogP contribution in [-0.2, 0) is 6.42 Å². The van der Waals surface area contributed by atoms with Gasteiger partial charge in [0, 0.05) is 16.0 Å². The van der Waals surface area contributed by atoms with Crippen LogP contribution in [-0.4, -0.2) is 0 Å². The van der Waals surface area contributed by atoms with Crippen LogP contribution in [0.1, 0.15) is 21.5 Å². The molecule has 0 amide bonds. The SMILES string of the molecule is Cc1cccc(C(Br)Cc2c(F)cccc2F)c1F. The molecule has 0 fully saturated rings. The molecule has 1 atom stereocenters. The highest BCUT2D eigenvalue weighted by Gasteiger charge is 2.18. The van der Waals surface area contributed by atoms with Crippen LogP contribution in [0.25, 0.3) is 0 Å². The molecule has 0 bridgehead atoms. The van der Waals surface area contributed by atoms with E-state index in [1.807, 2.05) is 0 Å². The number of hydrogen-bond donors (Lipinski definition) is 0. The molecule has 1 unspecified atom stereocenters. The summed E-state index contributed by atoms with van der Waals surface area (Å²) < 4.78 is 41.0. The summed E-state index contributed by atoms with van der Waals surface area (Å²) in [5, 5.41) is 0. The molecule has 0 aliphatic rings. The average molecular weight is 329 g/mol. The summed E-state index contributed by atoms with van der Waals surface area (Å²) in [6, 6.07) is 8.70. The zero-order chi connectivity index (χ0) is 14.0. The Hall–Kier alpha value is -1.29. The van der Waals surface area contributed by atoms with E-state index >= 15 is 0 Å². The van der Waals surface area contributed by atoms with Gasteiger partial charge in [0.05, 0.1) is 0 Å². The second kappa shape index (κ2) is 5.78. The van der Waals surface area contributed by atoms with Crippen molar-refractivity contribution in [3.05, 3.63) is 70.5 Å². The summed E-state index contributed by atoms with van der Waals surface area (Å²) in [4.78, 5) is -0.473. The molecule has 0 nitrogen and oxygen atoms in total. The Bertz CT molecular complexity index is 576. The molecule has 19 heavy (non-hydrogen) atoms. The van der Waals surface area contributed by atoms with E-state index in [0.717, 1.165) is 0 Å². The Labute approximate surface area is 118 Å². The quantitative estimate of drug-likeness (QED) is 0.688. The number of alkyl halides is 1. The van der Waals surface area contributed by atoms with Crippen molar-refractivity contribution in [1.29, 1.82) is 0 Å². The molecule has 0 aliphatic carbocycles. The Balaban J connectivity index is 2.31. The average Bonchev–Trinajstić information content (AvgIpc) is 2.37. The van der Waals surface area contributed by atoms with Crippen LogP contribution < -0.4 is 0 Å². The van der Waals surface area contributed by atoms with Crippen LogP contribution in [0.5, 0.6) is 0 Å². The predicted molar refractivity (Wildman–Crippen MR) is 72.9 cm³/mol. The highest BCUT2D eigenvalue weighted by Crippen LogP contribution is 2.31. The van der Waals surface area contributed by atoms with Crippen molar-refractivity contribution in [2.75, 3.05) is 0 Å². The lowest BCUT2D eigenvalue weighted by Gasteiger charge is -2.13. The van der Waals surface area contributed by atoms with Crippen molar-refractivity contribution in [1.82, 2.24) is 0 Å². The molecule has 2 aromatic rings. The number of benzene rings is 2. The minimum atomic E-state index is -0.613. The molecule has 0 spiro atoms. The first-order valence-corrected chi connectivity index (χ1v) is 6.74. The van der Waals surface area contributed by atoms with Crippen LogP contribution in [0.15, 0.2) is 36.4 Å². The van der Waals surface area contributed by atoms with E-state index in [4.69, 9.17) is 0 Å². The standard InChI is InChI=1S/C15H12BrF3/c1-9-4-2-5-10(15(9)19)12(16)8-11-13(17)6-3-7-14(11)18/h2-7,12H,8H2,1H3. The van der Waals surface area contributed by atoms with Crippen molar-refractivity contribution >= 4 is 15.9 Å². The molecule has 0 saturated carbocycles. The van der Waals surface area contributed by atoms with Gasteiger partial charge in [-0.15, -0.1) is 0 Å². The largest absolute Gasteiger partial charge is 0.207 e. The second-order valence-corrected chi connectivity index (χ2v) is 5.46. The van der Waals surface area contributed by atoms with E-state index in [1.165, 1.54) is 18.2 Å². The molecule has 100 valence electrons. The van der Waals surface area contributed by atoms with Gasteiger partial charge >= 0.3 is 0 Å². The van der Waals surface area contributed by atoms with E-state index in [-0.39, 0.29) is 17.8 Å². The van der Waals surface area contributed by atoms with Gasteiger partial charge in [0.25, 0.3) is 0 Å². The molecule has 0 heterocycles. The van der Waals surface area contributed by atoms with Crippen LogP contribution in [0.2, 0.25) is 0 Å². The molecule has 0 aliphatic heterocycles. The first-order chi connectivity index (χ1) is 9.00. The molecule has 4 heteroatoms. The van der Waals surface area contributed by atoms with Crippen LogP contribution in [0, 0.1) is 24.4 Å². The topological polar surface area (TPSA) is 0 Å². The minimum absolute atomic E-state index is 0.0368. The normalized spacial score (nSPS) is 12.5. The van der Waals surface area contributed by atoms with Crippen molar-refractivity contribution in [2.24, 2.45) is 0 Å². The Morgan fingerprint density at radius 2 is 1.58 bits per heavy atom. The third-order valence-corrected chi connectivity index (χ3v) is 3.82. The summed E-state index contributed by atoms with van der Waals surface area (Å²) in [5.74, 6) is -1.57. The van der Waals surface area contributed by atoms with Gasteiger partial charge in [-0.1, -0.05) is 40.2 Å². The van der Waals surface area contributed by atoms with Crippen LogP contribution in [0.3, 0.4) is 0 Å². The van der Waals surface area contributed by atoms with Gasteiger partial charge in [-0.05, 0) is 31.0 Å². The van der Waals surface area contributed by atoms with E-state index < -0.39 is 16.5 Å². The Morgan fingerprint density at radius 1 is 1.00 bits per heavy atom.